The Morgan fingerprint density at radius 3 is 2.48 bits per heavy atom. The Hall–Kier alpha value is -0.163. The summed E-state index contributed by atoms with van der Waals surface area (Å²) in [4.78, 5) is 0. The van der Waals surface area contributed by atoms with Gasteiger partial charge in [0.25, 0.3) is 0 Å². The molecule has 0 radical (unpaired) electrons. The fourth-order valence-corrected chi connectivity index (χ4v) is 5.98. The average molecular weight is 341 g/mol. The van der Waals surface area contributed by atoms with Gasteiger partial charge in [-0.25, -0.2) is 0 Å². The molecule has 0 unspecified atom stereocenters. The Morgan fingerprint density at radius 1 is 1.17 bits per heavy atom. The Balaban J connectivity index is 2.18. The zero-order valence-electron chi connectivity index (χ0n) is 15.8. The summed E-state index contributed by atoms with van der Waals surface area (Å²) >= 11 is 0. The van der Waals surface area contributed by atoms with Gasteiger partial charge in [0, 0.05) is 14.2 Å². The lowest BCUT2D eigenvalue weighted by Gasteiger charge is -2.44. The number of hydrogen-bond acceptors (Lipinski definition) is 3. The molecule has 1 fully saturated rings. The van der Waals surface area contributed by atoms with Crippen molar-refractivity contribution in [2.45, 2.75) is 89.3 Å². The van der Waals surface area contributed by atoms with E-state index in [9.17, 15) is 0 Å². The van der Waals surface area contributed by atoms with Crippen LogP contribution >= 0.6 is 0 Å². The topological polar surface area (TPSA) is 27.7 Å². The van der Waals surface area contributed by atoms with Crippen molar-refractivity contribution < 1.29 is 13.9 Å². The van der Waals surface area contributed by atoms with Gasteiger partial charge in [0.05, 0.1) is 5.60 Å². The van der Waals surface area contributed by atoms with Crippen molar-refractivity contribution in [3.63, 3.8) is 0 Å². The van der Waals surface area contributed by atoms with Crippen molar-refractivity contribution in [1.29, 1.82) is 0 Å². The first-order valence-electron chi connectivity index (χ1n) is 9.36. The van der Waals surface area contributed by atoms with Crippen LogP contribution in [0.4, 0.5) is 0 Å². The molecule has 0 saturated heterocycles. The molecule has 0 amide bonds. The van der Waals surface area contributed by atoms with Crippen molar-refractivity contribution in [2.75, 3.05) is 14.2 Å². The molecule has 0 aliphatic heterocycles. The Morgan fingerprint density at radius 2 is 1.91 bits per heavy atom. The molecule has 2 aliphatic rings. The molecule has 23 heavy (non-hydrogen) atoms. The molecule has 0 spiro atoms. The fourth-order valence-electron chi connectivity index (χ4n) is 4.49. The van der Waals surface area contributed by atoms with Crippen molar-refractivity contribution in [3.8, 4) is 0 Å². The summed E-state index contributed by atoms with van der Waals surface area (Å²) in [6.45, 7) is 7.00. The largest absolute Gasteiger partial charge is 0.408 e. The summed E-state index contributed by atoms with van der Waals surface area (Å²) in [5.74, 6) is 0.617. The maximum atomic E-state index is 6.93. The Labute approximate surface area is 143 Å². The molecular weight excluding hydrogens is 304 g/mol. The van der Waals surface area contributed by atoms with Crippen LogP contribution in [0, 0.1) is 5.92 Å². The van der Waals surface area contributed by atoms with E-state index in [-0.39, 0.29) is 11.9 Å². The van der Waals surface area contributed by atoms with Gasteiger partial charge in [-0.1, -0.05) is 6.08 Å². The molecule has 2 atom stereocenters. The molecule has 0 aromatic heterocycles. The third-order valence-electron chi connectivity index (χ3n) is 5.36. The van der Waals surface area contributed by atoms with Crippen molar-refractivity contribution in [1.82, 2.24) is 0 Å². The predicted molar refractivity (Wildman–Crippen MR) is 98.1 cm³/mol. The first-order valence-corrected chi connectivity index (χ1v) is 12.8. The fraction of sp³-hybridized carbons (Fsp3) is 0.895. The molecule has 4 heteroatoms. The van der Waals surface area contributed by atoms with E-state index in [2.05, 4.69) is 25.7 Å². The van der Waals surface area contributed by atoms with Gasteiger partial charge in [0.1, 0.15) is 0 Å². The SMILES string of the molecule is COC(CC[C@@H]1CCC[C@@]1(O[Si](C)(C)C)C1=CCCCC1)OC. The molecule has 3 nitrogen and oxygen atoms in total. The van der Waals surface area contributed by atoms with Crippen LogP contribution in [0.3, 0.4) is 0 Å². The standard InChI is InChI=1S/C19H36O3Si/c1-20-18(21-2)14-13-17-12-9-15-19(17,22-23(3,4)5)16-10-7-6-8-11-16/h10,17-18H,6-9,11-15H2,1-5H3/t17-,19+/m0/s1. The molecule has 0 aromatic carbocycles. The predicted octanol–water partition coefficient (Wildman–Crippen LogP) is 5.28. The minimum atomic E-state index is -1.60. The van der Waals surface area contributed by atoms with Gasteiger partial charge in [0.2, 0.25) is 0 Å². The van der Waals surface area contributed by atoms with Crippen LogP contribution in [-0.4, -0.2) is 34.4 Å². The molecular formula is C19H36O3Si. The van der Waals surface area contributed by atoms with Crippen molar-refractivity contribution in [2.24, 2.45) is 5.92 Å². The lowest BCUT2D eigenvalue weighted by molar-refractivity contribution is -0.111. The first kappa shape index (κ1) is 19.2. The van der Waals surface area contributed by atoms with E-state index >= 15 is 0 Å². The van der Waals surface area contributed by atoms with E-state index in [1.54, 1.807) is 19.8 Å². The molecule has 1 saturated carbocycles. The van der Waals surface area contributed by atoms with E-state index in [1.165, 1.54) is 44.9 Å². The monoisotopic (exact) mass is 340 g/mol. The number of ether oxygens (including phenoxy) is 2. The van der Waals surface area contributed by atoms with Gasteiger partial charge >= 0.3 is 0 Å². The molecule has 2 rings (SSSR count). The Kier molecular flexibility index (Phi) is 6.90. The van der Waals surface area contributed by atoms with Gasteiger partial charge in [-0.3, -0.25) is 0 Å². The molecule has 0 aromatic rings. The van der Waals surface area contributed by atoms with Crippen LogP contribution in [0.5, 0.6) is 0 Å². The van der Waals surface area contributed by atoms with Gasteiger partial charge in [-0.2, -0.15) is 0 Å². The van der Waals surface area contributed by atoms with Crippen LogP contribution in [0.25, 0.3) is 0 Å². The number of rotatable bonds is 8. The van der Waals surface area contributed by atoms with Crippen molar-refractivity contribution in [3.05, 3.63) is 11.6 Å². The summed E-state index contributed by atoms with van der Waals surface area (Å²) in [5, 5.41) is 0. The number of methoxy groups -OCH3 is 2. The van der Waals surface area contributed by atoms with E-state index in [0.717, 1.165) is 12.8 Å². The second kappa shape index (κ2) is 8.28. The summed E-state index contributed by atoms with van der Waals surface area (Å²) in [6, 6.07) is 0. The van der Waals surface area contributed by atoms with Crippen molar-refractivity contribution >= 4 is 8.32 Å². The zero-order valence-corrected chi connectivity index (χ0v) is 16.8. The van der Waals surface area contributed by atoms with E-state index < -0.39 is 8.32 Å². The maximum Gasteiger partial charge on any atom is 0.184 e. The summed E-state index contributed by atoms with van der Waals surface area (Å²) in [6.07, 6.45) is 13.4. The van der Waals surface area contributed by atoms with Gasteiger partial charge in [-0.05, 0) is 88.9 Å². The second-order valence-corrected chi connectivity index (χ2v) is 12.6. The highest BCUT2D eigenvalue weighted by Gasteiger charge is 2.48. The van der Waals surface area contributed by atoms with Crippen LogP contribution in [0.15, 0.2) is 11.6 Å². The summed E-state index contributed by atoms with van der Waals surface area (Å²) in [5.41, 5.74) is 1.62. The summed E-state index contributed by atoms with van der Waals surface area (Å²) in [7, 11) is 1.87. The van der Waals surface area contributed by atoms with E-state index in [4.69, 9.17) is 13.9 Å². The highest BCUT2D eigenvalue weighted by atomic mass is 28.4. The number of hydrogen-bond donors (Lipinski definition) is 0. The van der Waals surface area contributed by atoms with Crippen LogP contribution in [0.2, 0.25) is 19.6 Å². The van der Waals surface area contributed by atoms with Crippen LogP contribution in [0.1, 0.15) is 57.8 Å². The highest BCUT2D eigenvalue weighted by Crippen LogP contribution is 2.50. The Bertz CT molecular complexity index is 398. The zero-order chi connectivity index (χ0) is 16.9. The molecule has 0 bridgehead atoms. The molecule has 2 aliphatic carbocycles. The highest BCUT2D eigenvalue weighted by molar-refractivity contribution is 6.69. The van der Waals surface area contributed by atoms with E-state index in [1.807, 2.05) is 0 Å². The minimum Gasteiger partial charge on any atom is -0.408 e. The lowest BCUT2D eigenvalue weighted by Crippen LogP contribution is -2.47. The smallest absolute Gasteiger partial charge is 0.184 e. The summed E-state index contributed by atoms with van der Waals surface area (Å²) < 4.78 is 17.7. The normalized spacial score (nSPS) is 29.1. The maximum absolute atomic E-state index is 6.93. The molecule has 0 N–H and O–H groups in total. The molecule has 0 heterocycles. The van der Waals surface area contributed by atoms with Crippen LogP contribution in [-0.2, 0) is 13.9 Å². The third-order valence-corrected chi connectivity index (χ3v) is 6.34. The lowest BCUT2D eigenvalue weighted by atomic mass is 9.77. The quantitative estimate of drug-likeness (QED) is 0.342. The average Bonchev–Trinajstić information content (AvgIpc) is 2.91. The van der Waals surface area contributed by atoms with Crippen LogP contribution < -0.4 is 0 Å². The second-order valence-electron chi connectivity index (χ2n) is 8.15. The van der Waals surface area contributed by atoms with E-state index in [0.29, 0.717) is 5.92 Å². The van der Waals surface area contributed by atoms with Gasteiger partial charge < -0.3 is 13.9 Å². The van der Waals surface area contributed by atoms with Gasteiger partial charge in [-0.15, -0.1) is 0 Å². The first-order chi connectivity index (χ1) is 10.9. The minimum absolute atomic E-state index is 0.0108. The third kappa shape index (κ3) is 4.91. The van der Waals surface area contributed by atoms with Gasteiger partial charge in [0.15, 0.2) is 14.6 Å². The molecule has 134 valence electrons. The number of allylic oxidation sites excluding steroid dienone is 1.